The number of hydrogen-bond acceptors (Lipinski definition) is 5. The number of anilines is 1. The molecule has 0 amide bonds. The van der Waals surface area contributed by atoms with Crippen molar-refractivity contribution < 1.29 is 9.13 Å². The van der Waals surface area contributed by atoms with Crippen LogP contribution < -0.4 is 5.32 Å². The van der Waals surface area contributed by atoms with Crippen LogP contribution in [0.3, 0.4) is 0 Å². The second-order valence-electron chi connectivity index (χ2n) is 5.62. The normalized spacial score (nSPS) is 17.5. The van der Waals surface area contributed by atoms with Crippen LogP contribution in [0.2, 0.25) is 0 Å². The highest BCUT2D eigenvalue weighted by Gasteiger charge is 2.22. The number of aromatic nitrogens is 4. The average molecular weight is 439 g/mol. The number of imidazole rings is 1. The molecule has 1 N–H and O–H groups in total. The summed E-state index contributed by atoms with van der Waals surface area (Å²) in [7, 11) is 0. The van der Waals surface area contributed by atoms with Crippen LogP contribution in [0.25, 0.3) is 11.2 Å². The van der Waals surface area contributed by atoms with E-state index in [1.165, 1.54) is 0 Å². The van der Waals surface area contributed by atoms with Crippen LogP contribution in [0.5, 0.6) is 0 Å². The molecule has 1 fully saturated rings. The Kier molecular flexibility index (Phi) is 4.31. The van der Waals surface area contributed by atoms with Crippen molar-refractivity contribution in [2.75, 3.05) is 11.9 Å². The van der Waals surface area contributed by atoms with Gasteiger partial charge in [-0.15, -0.1) is 0 Å². The molecule has 4 rings (SSSR count). The van der Waals surface area contributed by atoms with Crippen LogP contribution in [0.4, 0.5) is 10.2 Å². The molecular weight excluding hydrogens is 424 g/mol. The predicted octanol–water partition coefficient (Wildman–Crippen LogP) is 3.49. The summed E-state index contributed by atoms with van der Waals surface area (Å²) in [4.78, 5) is 12.1. The van der Waals surface area contributed by atoms with E-state index in [2.05, 4.69) is 48.9 Å². The molecule has 0 aliphatic carbocycles. The summed E-state index contributed by atoms with van der Waals surface area (Å²) in [6.45, 7) is 1.24. The lowest BCUT2D eigenvalue weighted by atomic mass is 10.2. The Bertz CT molecular complexity index is 878. The molecule has 1 aliphatic rings. The standard InChI is InChI=1S/C16H15FIN5O/c17-16-21-14(19-8-10-3-1-4-11(18)7-10)13-15(22-16)23(9-20-13)12-5-2-6-24-12/h1,3-4,7,9,12H,2,5-6,8H2,(H,19,21,22). The first-order chi connectivity index (χ1) is 11.7. The fourth-order valence-electron chi connectivity index (χ4n) is 2.84. The van der Waals surface area contributed by atoms with Gasteiger partial charge in [0.15, 0.2) is 17.0 Å². The molecule has 1 atom stereocenters. The van der Waals surface area contributed by atoms with E-state index in [1.54, 1.807) is 10.9 Å². The number of fused-ring (bicyclic) bond motifs is 1. The number of ether oxygens (including phenoxy) is 1. The van der Waals surface area contributed by atoms with Crippen LogP contribution in [0.15, 0.2) is 30.6 Å². The van der Waals surface area contributed by atoms with E-state index in [1.807, 2.05) is 18.2 Å². The minimum atomic E-state index is -0.771. The molecular formula is C16H15FIN5O. The van der Waals surface area contributed by atoms with Crippen LogP contribution in [0, 0.1) is 9.65 Å². The number of hydrogen-bond donors (Lipinski definition) is 1. The van der Waals surface area contributed by atoms with E-state index >= 15 is 0 Å². The van der Waals surface area contributed by atoms with Crippen LogP contribution >= 0.6 is 22.6 Å². The molecule has 3 heterocycles. The van der Waals surface area contributed by atoms with Crippen molar-refractivity contribution in [3.05, 3.63) is 45.8 Å². The third-order valence-electron chi connectivity index (χ3n) is 3.96. The molecule has 0 radical (unpaired) electrons. The maximum Gasteiger partial charge on any atom is 0.312 e. The van der Waals surface area contributed by atoms with Gasteiger partial charge in [0, 0.05) is 16.7 Å². The zero-order valence-electron chi connectivity index (χ0n) is 12.7. The summed E-state index contributed by atoms with van der Waals surface area (Å²) in [6.07, 6.45) is 2.60. The van der Waals surface area contributed by atoms with Gasteiger partial charge in [-0.1, -0.05) is 12.1 Å². The first-order valence-electron chi connectivity index (χ1n) is 7.71. The van der Waals surface area contributed by atoms with E-state index < -0.39 is 6.08 Å². The first-order valence-corrected chi connectivity index (χ1v) is 8.78. The highest BCUT2D eigenvalue weighted by molar-refractivity contribution is 14.1. The van der Waals surface area contributed by atoms with E-state index in [9.17, 15) is 4.39 Å². The lowest BCUT2D eigenvalue weighted by molar-refractivity contribution is 0.0592. The van der Waals surface area contributed by atoms with E-state index in [-0.39, 0.29) is 6.23 Å². The van der Waals surface area contributed by atoms with Gasteiger partial charge in [-0.3, -0.25) is 4.57 Å². The molecule has 0 bridgehead atoms. The SMILES string of the molecule is Fc1nc(NCc2cccc(I)c2)c2ncn(C3CCCO3)c2n1. The molecule has 1 aliphatic heterocycles. The van der Waals surface area contributed by atoms with Gasteiger partial charge >= 0.3 is 6.08 Å². The molecule has 6 nitrogen and oxygen atoms in total. The van der Waals surface area contributed by atoms with Gasteiger partial charge < -0.3 is 10.1 Å². The summed E-state index contributed by atoms with van der Waals surface area (Å²) in [5.74, 6) is 0.396. The number of halogens is 2. The van der Waals surface area contributed by atoms with Crippen molar-refractivity contribution >= 4 is 39.6 Å². The Morgan fingerprint density at radius 2 is 2.29 bits per heavy atom. The number of nitrogens with one attached hydrogen (secondary N) is 1. The molecule has 0 spiro atoms. The molecule has 0 saturated carbocycles. The van der Waals surface area contributed by atoms with Crippen molar-refractivity contribution in [2.24, 2.45) is 0 Å². The average Bonchev–Trinajstić information content (AvgIpc) is 3.21. The van der Waals surface area contributed by atoms with Gasteiger partial charge in [0.05, 0.1) is 6.33 Å². The van der Waals surface area contributed by atoms with Crippen molar-refractivity contribution in [1.29, 1.82) is 0 Å². The highest BCUT2D eigenvalue weighted by Crippen LogP contribution is 2.28. The third kappa shape index (κ3) is 3.07. The number of rotatable bonds is 4. The highest BCUT2D eigenvalue weighted by atomic mass is 127. The topological polar surface area (TPSA) is 64.9 Å². The Labute approximate surface area is 151 Å². The van der Waals surface area contributed by atoms with Gasteiger partial charge in [-0.05, 0) is 53.1 Å². The van der Waals surface area contributed by atoms with Crippen molar-refractivity contribution in [3.63, 3.8) is 0 Å². The Morgan fingerprint density at radius 3 is 3.08 bits per heavy atom. The molecule has 1 aromatic carbocycles. The maximum atomic E-state index is 13.9. The second kappa shape index (κ2) is 6.60. The van der Waals surface area contributed by atoms with E-state index in [0.717, 1.165) is 22.0 Å². The zero-order valence-corrected chi connectivity index (χ0v) is 14.9. The van der Waals surface area contributed by atoms with Gasteiger partial charge in [0.2, 0.25) is 0 Å². The minimum Gasteiger partial charge on any atom is -0.364 e. The van der Waals surface area contributed by atoms with Crippen molar-refractivity contribution in [2.45, 2.75) is 25.6 Å². The van der Waals surface area contributed by atoms with Gasteiger partial charge in [0.25, 0.3) is 0 Å². The minimum absolute atomic E-state index is 0.132. The Hall–Kier alpha value is -1.81. The van der Waals surface area contributed by atoms with Crippen LogP contribution in [-0.4, -0.2) is 26.1 Å². The number of nitrogens with zero attached hydrogens (tertiary/aromatic N) is 4. The summed E-state index contributed by atoms with van der Waals surface area (Å²) in [5.41, 5.74) is 2.10. The molecule has 24 heavy (non-hydrogen) atoms. The summed E-state index contributed by atoms with van der Waals surface area (Å²) >= 11 is 2.26. The molecule has 1 saturated heterocycles. The Balaban J connectivity index is 1.65. The smallest absolute Gasteiger partial charge is 0.312 e. The zero-order chi connectivity index (χ0) is 16.5. The lowest BCUT2D eigenvalue weighted by Crippen LogP contribution is -2.09. The largest absolute Gasteiger partial charge is 0.364 e. The summed E-state index contributed by atoms with van der Waals surface area (Å²) in [6, 6.07) is 8.08. The lowest BCUT2D eigenvalue weighted by Gasteiger charge is -2.12. The second-order valence-corrected chi connectivity index (χ2v) is 6.86. The van der Waals surface area contributed by atoms with Gasteiger partial charge in [0.1, 0.15) is 6.23 Å². The van der Waals surface area contributed by atoms with Crippen LogP contribution in [-0.2, 0) is 11.3 Å². The molecule has 2 aromatic heterocycles. The monoisotopic (exact) mass is 439 g/mol. The fraction of sp³-hybridized carbons (Fsp3) is 0.312. The van der Waals surface area contributed by atoms with Gasteiger partial charge in [-0.2, -0.15) is 14.4 Å². The van der Waals surface area contributed by atoms with E-state index in [0.29, 0.717) is 30.1 Å². The third-order valence-corrected chi connectivity index (χ3v) is 4.63. The summed E-state index contributed by atoms with van der Waals surface area (Å²) < 4.78 is 22.5. The van der Waals surface area contributed by atoms with Crippen molar-refractivity contribution in [1.82, 2.24) is 19.5 Å². The molecule has 8 heteroatoms. The van der Waals surface area contributed by atoms with Gasteiger partial charge in [-0.25, -0.2) is 4.98 Å². The molecule has 124 valence electrons. The van der Waals surface area contributed by atoms with Crippen LogP contribution in [0.1, 0.15) is 24.6 Å². The van der Waals surface area contributed by atoms with E-state index in [4.69, 9.17) is 4.74 Å². The quantitative estimate of drug-likeness (QED) is 0.498. The predicted molar refractivity (Wildman–Crippen MR) is 96.0 cm³/mol. The van der Waals surface area contributed by atoms with Crippen molar-refractivity contribution in [3.8, 4) is 0 Å². The maximum absolute atomic E-state index is 13.9. The first kappa shape index (κ1) is 15.7. The molecule has 1 unspecified atom stereocenters. The number of benzene rings is 1. The summed E-state index contributed by atoms with van der Waals surface area (Å²) in [5, 5.41) is 3.16. The fourth-order valence-corrected chi connectivity index (χ4v) is 3.44. The molecule has 3 aromatic rings. The Morgan fingerprint density at radius 1 is 1.38 bits per heavy atom.